The largest absolute Gasteiger partial charge is 0.433 e. The van der Waals surface area contributed by atoms with Crippen molar-refractivity contribution in [3.8, 4) is 0 Å². The molecule has 0 amide bonds. The first-order chi connectivity index (χ1) is 9.16. The van der Waals surface area contributed by atoms with Crippen molar-refractivity contribution in [2.45, 2.75) is 18.0 Å². The maximum Gasteiger partial charge on any atom is 0.433 e. The quantitative estimate of drug-likeness (QED) is 0.861. The van der Waals surface area contributed by atoms with Crippen LogP contribution < -0.4 is 4.72 Å². The Morgan fingerprint density at radius 1 is 1.35 bits per heavy atom. The predicted octanol–water partition coefficient (Wildman–Crippen LogP) is 1.33. The molecule has 114 valence electrons. The molecule has 0 aliphatic rings. The monoisotopic (exact) mass is 311 g/mol. The van der Waals surface area contributed by atoms with Gasteiger partial charge in [-0.3, -0.25) is 4.98 Å². The summed E-state index contributed by atoms with van der Waals surface area (Å²) in [5, 5.41) is 0. The predicted molar refractivity (Wildman–Crippen MR) is 67.6 cm³/mol. The first kappa shape index (κ1) is 16.9. The number of rotatable bonds is 6. The molecule has 0 atom stereocenters. The molecule has 0 unspecified atom stereocenters. The zero-order valence-electron chi connectivity index (χ0n) is 11.1. The number of pyridine rings is 1. The van der Waals surface area contributed by atoms with Crippen molar-refractivity contribution in [2.24, 2.45) is 0 Å². The summed E-state index contributed by atoms with van der Waals surface area (Å²) in [7, 11) is -2.01. The number of halogens is 3. The number of aromatic nitrogens is 1. The molecule has 0 radical (unpaired) electrons. The number of sulfonamides is 1. The SMILES string of the molecule is CCN(C)CCNS(=O)(=O)c1ccc(C(F)(F)F)nc1. The molecule has 0 aliphatic heterocycles. The van der Waals surface area contributed by atoms with Crippen LogP contribution in [0.1, 0.15) is 12.6 Å². The Morgan fingerprint density at radius 3 is 2.45 bits per heavy atom. The first-order valence-corrected chi connectivity index (χ1v) is 7.36. The molecule has 9 heteroatoms. The van der Waals surface area contributed by atoms with E-state index >= 15 is 0 Å². The van der Waals surface area contributed by atoms with Crippen molar-refractivity contribution in [3.05, 3.63) is 24.0 Å². The standard InChI is InChI=1S/C11H16F3N3O2S/c1-3-17(2)7-6-16-20(18,19)9-4-5-10(15-8-9)11(12,13)14/h4-5,8,16H,3,6-7H2,1-2H3. The number of alkyl halides is 3. The van der Waals surface area contributed by atoms with Crippen molar-refractivity contribution in [2.75, 3.05) is 26.7 Å². The summed E-state index contributed by atoms with van der Waals surface area (Å²) in [5.74, 6) is 0. The van der Waals surface area contributed by atoms with Crippen LogP contribution in [0, 0.1) is 0 Å². The highest BCUT2D eigenvalue weighted by Crippen LogP contribution is 2.27. The lowest BCUT2D eigenvalue weighted by molar-refractivity contribution is -0.141. The van der Waals surface area contributed by atoms with Gasteiger partial charge in [0, 0.05) is 19.3 Å². The molecule has 0 saturated carbocycles. The van der Waals surface area contributed by atoms with Crippen LogP contribution in [0.4, 0.5) is 13.2 Å². The molecule has 0 aliphatic carbocycles. The van der Waals surface area contributed by atoms with Crippen molar-refractivity contribution in [1.29, 1.82) is 0 Å². The lowest BCUT2D eigenvalue weighted by Gasteiger charge is -2.14. The van der Waals surface area contributed by atoms with Gasteiger partial charge in [0.25, 0.3) is 0 Å². The van der Waals surface area contributed by atoms with E-state index in [1.54, 1.807) is 0 Å². The summed E-state index contributed by atoms with van der Waals surface area (Å²) in [5.41, 5.74) is -1.12. The van der Waals surface area contributed by atoms with Gasteiger partial charge in [-0.1, -0.05) is 6.92 Å². The Hall–Kier alpha value is -1.19. The molecule has 0 bridgehead atoms. The van der Waals surface area contributed by atoms with Crippen LogP contribution in [0.15, 0.2) is 23.2 Å². The minimum atomic E-state index is -4.58. The lowest BCUT2D eigenvalue weighted by Crippen LogP contribution is -2.33. The number of nitrogens with one attached hydrogen (secondary N) is 1. The van der Waals surface area contributed by atoms with Crippen LogP contribution in [0.3, 0.4) is 0 Å². The Balaban J connectivity index is 2.73. The molecule has 1 N–H and O–H groups in total. The van der Waals surface area contributed by atoms with E-state index in [0.717, 1.165) is 12.6 Å². The summed E-state index contributed by atoms with van der Waals surface area (Å²) in [4.78, 5) is 4.73. The number of likely N-dealkylation sites (N-methyl/N-ethyl adjacent to an activating group) is 1. The summed E-state index contributed by atoms with van der Waals surface area (Å²) in [6.07, 6.45) is -3.88. The minimum absolute atomic E-state index is 0.174. The van der Waals surface area contributed by atoms with E-state index in [1.165, 1.54) is 0 Å². The van der Waals surface area contributed by atoms with E-state index in [-0.39, 0.29) is 11.4 Å². The molecule has 1 aromatic rings. The van der Waals surface area contributed by atoms with E-state index in [0.29, 0.717) is 18.8 Å². The van der Waals surface area contributed by atoms with Gasteiger partial charge in [-0.05, 0) is 25.7 Å². The van der Waals surface area contributed by atoms with Crippen molar-refractivity contribution < 1.29 is 21.6 Å². The van der Waals surface area contributed by atoms with Crippen LogP contribution in [0.25, 0.3) is 0 Å². The van der Waals surface area contributed by atoms with Crippen molar-refractivity contribution in [3.63, 3.8) is 0 Å². The second-order valence-corrected chi connectivity index (χ2v) is 5.94. The zero-order valence-corrected chi connectivity index (χ0v) is 11.9. The van der Waals surface area contributed by atoms with Gasteiger partial charge in [0.1, 0.15) is 10.6 Å². The average Bonchev–Trinajstić information content (AvgIpc) is 2.37. The van der Waals surface area contributed by atoms with Crippen LogP contribution in [-0.4, -0.2) is 45.0 Å². The zero-order chi connectivity index (χ0) is 15.4. The van der Waals surface area contributed by atoms with E-state index in [2.05, 4.69) is 9.71 Å². The molecule has 0 aromatic carbocycles. The second kappa shape index (κ2) is 6.51. The maximum atomic E-state index is 12.3. The Kier molecular flexibility index (Phi) is 5.49. The number of hydrogen-bond acceptors (Lipinski definition) is 4. The molecule has 1 aromatic heterocycles. The molecule has 1 rings (SSSR count). The lowest BCUT2D eigenvalue weighted by atomic mass is 10.3. The fourth-order valence-corrected chi connectivity index (χ4v) is 2.28. The normalized spacial score (nSPS) is 12.9. The maximum absolute atomic E-state index is 12.3. The topological polar surface area (TPSA) is 62.3 Å². The summed E-state index contributed by atoms with van der Waals surface area (Å²) < 4.78 is 62.9. The summed E-state index contributed by atoms with van der Waals surface area (Å²) in [6.45, 7) is 3.37. The molecular formula is C11H16F3N3O2S. The van der Waals surface area contributed by atoms with Crippen LogP contribution in [0.2, 0.25) is 0 Å². The molecule has 0 saturated heterocycles. The van der Waals surface area contributed by atoms with E-state index < -0.39 is 21.9 Å². The van der Waals surface area contributed by atoms with E-state index in [4.69, 9.17) is 0 Å². The third kappa shape index (κ3) is 4.73. The summed E-state index contributed by atoms with van der Waals surface area (Å²) >= 11 is 0. The van der Waals surface area contributed by atoms with Gasteiger partial charge in [-0.2, -0.15) is 13.2 Å². The number of hydrogen-bond donors (Lipinski definition) is 1. The van der Waals surface area contributed by atoms with E-state index in [9.17, 15) is 21.6 Å². The first-order valence-electron chi connectivity index (χ1n) is 5.88. The van der Waals surface area contributed by atoms with Gasteiger partial charge >= 0.3 is 6.18 Å². The van der Waals surface area contributed by atoms with Crippen LogP contribution in [-0.2, 0) is 16.2 Å². The molecule has 0 spiro atoms. The van der Waals surface area contributed by atoms with Crippen LogP contribution in [0.5, 0.6) is 0 Å². The Bertz CT molecular complexity index is 529. The molecule has 20 heavy (non-hydrogen) atoms. The fraction of sp³-hybridized carbons (Fsp3) is 0.545. The summed E-state index contributed by atoms with van der Waals surface area (Å²) in [6, 6.07) is 1.54. The van der Waals surface area contributed by atoms with Gasteiger partial charge in [-0.25, -0.2) is 13.1 Å². The number of nitrogens with zero attached hydrogens (tertiary/aromatic N) is 2. The van der Waals surface area contributed by atoms with Gasteiger partial charge < -0.3 is 4.90 Å². The minimum Gasteiger partial charge on any atom is -0.305 e. The smallest absolute Gasteiger partial charge is 0.305 e. The van der Waals surface area contributed by atoms with Crippen molar-refractivity contribution in [1.82, 2.24) is 14.6 Å². The van der Waals surface area contributed by atoms with E-state index in [1.807, 2.05) is 18.9 Å². The molecule has 5 nitrogen and oxygen atoms in total. The third-order valence-electron chi connectivity index (χ3n) is 2.66. The molecule has 0 fully saturated rings. The Morgan fingerprint density at radius 2 is 2.00 bits per heavy atom. The highest BCUT2D eigenvalue weighted by Gasteiger charge is 2.32. The van der Waals surface area contributed by atoms with Gasteiger partial charge in [0.05, 0.1) is 0 Å². The van der Waals surface area contributed by atoms with Gasteiger partial charge in [-0.15, -0.1) is 0 Å². The Labute approximate surface area is 115 Å². The molecule has 1 heterocycles. The van der Waals surface area contributed by atoms with Crippen molar-refractivity contribution >= 4 is 10.0 Å². The average molecular weight is 311 g/mol. The van der Waals surface area contributed by atoms with Gasteiger partial charge in [0.2, 0.25) is 10.0 Å². The highest BCUT2D eigenvalue weighted by atomic mass is 32.2. The molecular weight excluding hydrogens is 295 g/mol. The third-order valence-corrected chi connectivity index (χ3v) is 4.11. The van der Waals surface area contributed by atoms with Gasteiger partial charge in [0.15, 0.2) is 0 Å². The second-order valence-electron chi connectivity index (χ2n) is 4.17. The highest BCUT2D eigenvalue weighted by molar-refractivity contribution is 7.89. The van der Waals surface area contributed by atoms with Crippen LogP contribution >= 0.6 is 0 Å². The fourth-order valence-electron chi connectivity index (χ4n) is 1.32.